The predicted octanol–water partition coefficient (Wildman–Crippen LogP) is 3.58. The monoisotopic (exact) mass is 283 g/mol. The fourth-order valence-corrected chi connectivity index (χ4v) is 3.35. The molecule has 112 valence electrons. The number of pyridine rings is 1. The first-order valence-corrected chi connectivity index (χ1v) is 7.87. The maximum absolute atomic E-state index is 4.94. The molecule has 3 rings (SSSR count). The molecule has 0 unspecified atom stereocenters. The highest BCUT2D eigenvalue weighted by atomic mass is 15.2. The van der Waals surface area contributed by atoms with Crippen LogP contribution in [0, 0.1) is 5.41 Å². The van der Waals surface area contributed by atoms with Crippen LogP contribution in [0.4, 0.5) is 5.82 Å². The van der Waals surface area contributed by atoms with Crippen molar-refractivity contribution in [1.29, 1.82) is 0 Å². The van der Waals surface area contributed by atoms with Crippen LogP contribution in [0.5, 0.6) is 0 Å². The van der Waals surface area contributed by atoms with E-state index in [4.69, 9.17) is 4.98 Å². The van der Waals surface area contributed by atoms with E-state index in [2.05, 4.69) is 54.4 Å². The fraction of sp³-hybridized carbons (Fsp3) is 0.500. The van der Waals surface area contributed by atoms with Gasteiger partial charge in [-0.15, -0.1) is 0 Å². The highest BCUT2D eigenvalue weighted by molar-refractivity contribution is 5.92. The van der Waals surface area contributed by atoms with E-state index in [0.29, 0.717) is 5.41 Å². The summed E-state index contributed by atoms with van der Waals surface area (Å²) in [5.41, 5.74) is 1.50. The van der Waals surface area contributed by atoms with Crippen molar-refractivity contribution < 1.29 is 0 Å². The van der Waals surface area contributed by atoms with Crippen molar-refractivity contribution in [2.24, 2.45) is 5.41 Å². The van der Waals surface area contributed by atoms with Gasteiger partial charge in [0.25, 0.3) is 0 Å². The Morgan fingerprint density at radius 3 is 2.86 bits per heavy atom. The molecule has 0 bridgehead atoms. The summed E-state index contributed by atoms with van der Waals surface area (Å²) in [6, 6.07) is 10.8. The molecule has 0 aliphatic carbocycles. The Morgan fingerprint density at radius 2 is 2.10 bits per heavy atom. The maximum atomic E-state index is 4.94. The lowest BCUT2D eigenvalue weighted by atomic mass is 9.84. The summed E-state index contributed by atoms with van der Waals surface area (Å²) in [5.74, 6) is 1.16. The number of rotatable bonds is 3. The van der Waals surface area contributed by atoms with Gasteiger partial charge in [-0.25, -0.2) is 4.98 Å². The highest BCUT2D eigenvalue weighted by Gasteiger charge is 2.28. The summed E-state index contributed by atoms with van der Waals surface area (Å²) >= 11 is 0. The van der Waals surface area contributed by atoms with E-state index in [-0.39, 0.29) is 0 Å². The SMILES string of the molecule is CNCc1cc2ccccc2c(N2CCCC(C)(C)C2)n1. The molecule has 0 spiro atoms. The van der Waals surface area contributed by atoms with Crippen LogP contribution < -0.4 is 10.2 Å². The maximum Gasteiger partial charge on any atom is 0.136 e. The molecular weight excluding hydrogens is 258 g/mol. The summed E-state index contributed by atoms with van der Waals surface area (Å²) in [4.78, 5) is 7.42. The summed E-state index contributed by atoms with van der Waals surface area (Å²) in [5, 5.41) is 5.78. The van der Waals surface area contributed by atoms with Crippen LogP contribution in [0.3, 0.4) is 0 Å². The van der Waals surface area contributed by atoms with E-state index in [9.17, 15) is 0 Å². The zero-order valence-corrected chi connectivity index (χ0v) is 13.3. The van der Waals surface area contributed by atoms with Gasteiger partial charge in [0.15, 0.2) is 0 Å². The third-order valence-electron chi connectivity index (χ3n) is 4.33. The molecule has 21 heavy (non-hydrogen) atoms. The van der Waals surface area contributed by atoms with Crippen LogP contribution >= 0.6 is 0 Å². The predicted molar refractivity (Wildman–Crippen MR) is 89.7 cm³/mol. The summed E-state index contributed by atoms with van der Waals surface area (Å²) in [6.07, 6.45) is 2.55. The van der Waals surface area contributed by atoms with Crippen LogP contribution in [0.1, 0.15) is 32.4 Å². The van der Waals surface area contributed by atoms with Crippen molar-refractivity contribution in [3.63, 3.8) is 0 Å². The lowest BCUT2D eigenvalue weighted by Crippen LogP contribution is -2.40. The molecule has 3 heteroatoms. The minimum atomic E-state index is 0.375. The Hall–Kier alpha value is -1.61. The molecule has 2 aromatic rings. The van der Waals surface area contributed by atoms with Crippen molar-refractivity contribution in [1.82, 2.24) is 10.3 Å². The number of hydrogen-bond acceptors (Lipinski definition) is 3. The van der Waals surface area contributed by atoms with Gasteiger partial charge in [-0.2, -0.15) is 0 Å². The van der Waals surface area contributed by atoms with Gasteiger partial charge in [-0.05, 0) is 36.8 Å². The van der Waals surface area contributed by atoms with E-state index in [0.717, 1.165) is 31.1 Å². The number of benzene rings is 1. The number of nitrogens with one attached hydrogen (secondary N) is 1. The number of fused-ring (bicyclic) bond motifs is 1. The zero-order chi connectivity index (χ0) is 14.9. The topological polar surface area (TPSA) is 28.2 Å². The van der Waals surface area contributed by atoms with Gasteiger partial charge in [0.05, 0.1) is 5.69 Å². The second-order valence-electron chi connectivity index (χ2n) is 6.88. The van der Waals surface area contributed by atoms with Crippen molar-refractivity contribution in [2.45, 2.75) is 33.2 Å². The number of nitrogens with zero attached hydrogens (tertiary/aromatic N) is 2. The zero-order valence-electron chi connectivity index (χ0n) is 13.3. The minimum Gasteiger partial charge on any atom is -0.356 e. The van der Waals surface area contributed by atoms with E-state index in [1.165, 1.54) is 23.6 Å². The van der Waals surface area contributed by atoms with Gasteiger partial charge >= 0.3 is 0 Å². The molecule has 0 amide bonds. The highest BCUT2D eigenvalue weighted by Crippen LogP contribution is 2.34. The van der Waals surface area contributed by atoms with Gasteiger partial charge in [-0.1, -0.05) is 38.1 Å². The second kappa shape index (κ2) is 5.64. The van der Waals surface area contributed by atoms with Gasteiger partial charge in [0, 0.05) is 25.0 Å². The third kappa shape index (κ3) is 3.03. The average Bonchev–Trinajstić information content (AvgIpc) is 2.46. The minimum absolute atomic E-state index is 0.375. The van der Waals surface area contributed by atoms with E-state index in [1.807, 2.05) is 7.05 Å². The van der Waals surface area contributed by atoms with Gasteiger partial charge in [0.1, 0.15) is 5.82 Å². The first kappa shape index (κ1) is 14.3. The van der Waals surface area contributed by atoms with Crippen LogP contribution in [0.15, 0.2) is 30.3 Å². The largest absolute Gasteiger partial charge is 0.356 e. The fourth-order valence-electron chi connectivity index (χ4n) is 3.35. The molecule has 1 aliphatic heterocycles. The summed E-state index contributed by atoms with van der Waals surface area (Å²) < 4.78 is 0. The smallest absolute Gasteiger partial charge is 0.136 e. The van der Waals surface area contributed by atoms with Crippen LogP contribution in [-0.4, -0.2) is 25.1 Å². The molecule has 1 aromatic carbocycles. The van der Waals surface area contributed by atoms with Crippen LogP contribution in [0.2, 0.25) is 0 Å². The Bertz CT molecular complexity index is 633. The first-order chi connectivity index (χ1) is 10.1. The van der Waals surface area contributed by atoms with Crippen molar-refractivity contribution in [2.75, 3.05) is 25.0 Å². The van der Waals surface area contributed by atoms with E-state index >= 15 is 0 Å². The Labute approximate surface area is 127 Å². The molecule has 1 saturated heterocycles. The van der Waals surface area contributed by atoms with Crippen molar-refractivity contribution >= 4 is 16.6 Å². The van der Waals surface area contributed by atoms with E-state index < -0.39 is 0 Å². The van der Waals surface area contributed by atoms with Gasteiger partial charge in [0.2, 0.25) is 0 Å². The van der Waals surface area contributed by atoms with Crippen LogP contribution in [0.25, 0.3) is 10.8 Å². The van der Waals surface area contributed by atoms with Crippen LogP contribution in [-0.2, 0) is 6.54 Å². The molecule has 0 atom stereocenters. The van der Waals surface area contributed by atoms with E-state index in [1.54, 1.807) is 0 Å². The lowest BCUT2D eigenvalue weighted by Gasteiger charge is -2.39. The quantitative estimate of drug-likeness (QED) is 0.933. The Kier molecular flexibility index (Phi) is 3.85. The molecular formula is C18H25N3. The van der Waals surface area contributed by atoms with Crippen molar-refractivity contribution in [3.8, 4) is 0 Å². The third-order valence-corrected chi connectivity index (χ3v) is 4.33. The van der Waals surface area contributed by atoms with Gasteiger partial charge in [-0.3, -0.25) is 0 Å². The molecule has 3 nitrogen and oxygen atoms in total. The molecule has 0 saturated carbocycles. The lowest BCUT2D eigenvalue weighted by molar-refractivity contribution is 0.292. The molecule has 1 fully saturated rings. The first-order valence-electron chi connectivity index (χ1n) is 7.87. The van der Waals surface area contributed by atoms with Gasteiger partial charge < -0.3 is 10.2 Å². The molecule has 1 aromatic heterocycles. The Morgan fingerprint density at radius 1 is 1.29 bits per heavy atom. The summed E-state index contributed by atoms with van der Waals surface area (Å²) in [7, 11) is 1.97. The average molecular weight is 283 g/mol. The number of hydrogen-bond donors (Lipinski definition) is 1. The summed E-state index contributed by atoms with van der Waals surface area (Å²) in [6.45, 7) is 7.74. The molecule has 1 N–H and O–H groups in total. The number of piperidine rings is 1. The Balaban J connectivity index is 2.07. The number of aromatic nitrogens is 1. The number of anilines is 1. The molecule has 2 heterocycles. The van der Waals surface area contributed by atoms with Crippen molar-refractivity contribution in [3.05, 3.63) is 36.0 Å². The molecule has 1 aliphatic rings. The molecule has 0 radical (unpaired) electrons. The second-order valence-corrected chi connectivity index (χ2v) is 6.88. The normalized spacial score (nSPS) is 18.1. The standard InChI is InChI=1S/C18H25N3/c1-18(2)9-6-10-21(13-18)17-16-8-5-4-7-14(16)11-15(20-17)12-19-3/h4-5,7-8,11,19H,6,9-10,12-13H2,1-3H3.